The van der Waals surface area contributed by atoms with E-state index in [0.29, 0.717) is 12.6 Å². The van der Waals surface area contributed by atoms with Gasteiger partial charge in [0.1, 0.15) is 5.60 Å². The van der Waals surface area contributed by atoms with Crippen molar-refractivity contribution in [2.45, 2.75) is 51.8 Å². The molecule has 22 heavy (non-hydrogen) atoms. The number of nitrogens with zero attached hydrogens (tertiary/aromatic N) is 1. The van der Waals surface area contributed by atoms with Crippen molar-refractivity contribution in [2.24, 2.45) is 0 Å². The van der Waals surface area contributed by atoms with Gasteiger partial charge in [0.05, 0.1) is 0 Å². The summed E-state index contributed by atoms with van der Waals surface area (Å²) in [5, 5.41) is 3.54. The lowest BCUT2D eigenvalue weighted by Crippen LogP contribution is -2.49. The van der Waals surface area contributed by atoms with Crippen LogP contribution in [-0.4, -0.2) is 35.7 Å². The van der Waals surface area contributed by atoms with E-state index in [1.165, 1.54) is 5.56 Å². The third kappa shape index (κ3) is 5.61. The van der Waals surface area contributed by atoms with Crippen LogP contribution in [0.3, 0.4) is 0 Å². The Bertz CT molecular complexity index is 496. The zero-order valence-electron chi connectivity index (χ0n) is 13.6. The molecule has 1 amide bonds. The number of carbonyl (C=O) groups excluding carboxylic acids is 1. The molecule has 1 aromatic carbocycles. The van der Waals surface area contributed by atoms with Gasteiger partial charge in [0.15, 0.2) is 0 Å². The van der Waals surface area contributed by atoms with Crippen LogP contribution in [0.5, 0.6) is 0 Å². The Labute approximate surface area is 141 Å². The fourth-order valence-corrected chi connectivity index (χ4v) is 2.76. The Morgan fingerprint density at radius 2 is 2.05 bits per heavy atom. The van der Waals surface area contributed by atoms with Crippen LogP contribution in [0.1, 0.15) is 39.2 Å². The monoisotopic (exact) mass is 368 g/mol. The fraction of sp³-hybridized carbons (Fsp3) is 0.588. The first kappa shape index (κ1) is 17.3. The maximum absolute atomic E-state index is 12.1. The van der Waals surface area contributed by atoms with Gasteiger partial charge >= 0.3 is 6.09 Å². The molecule has 1 saturated heterocycles. The summed E-state index contributed by atoms with van der Waals surface area (Å²) in [6.07, 6.45) is 1.90. The Morgan fingerprint density at radius 1 is 1.36 bits per heavy atom. The molecule has 1 N–H and O–H groups in total. The first-order valence-electron chi connectivity index (χ1n) is 7.79. The largest absolute Gasteiger partial charge is 0.444 e. The summed E-state index contributed by atoms with van der Waals surface area (Å²) in [5.74, 6) is 0. The first-order valence-corrected chi connectivity index (χ1v) is 8.58. The number of piperidine rings is 1. The van der Waals surface area contributed by atoms with Crippen LogP contribution in [0, 0.1) is 0 Å². The summed E-state index contributed by atoms with van der Waals surface area (Å²) in [5.41, 5.74) is 0.812. The molecule has 1 aromatic rings. The SMILES string of the molecule is CC(C)(C)OC(=O)N1CCC[C@@H](NCc2ccc(Br)cc2)C1. The van der Waals surface area contributed by atoms with E-state index in [1.807, 2.05) is 37.8 Å². The highest BCUT2D eigenvalue weighted by atomic mass is 79.9. The molecule has 1 aliphatic rings. The number of hydrogen-bond donors (Lipinski definition) is 1. The van der Waals surface area contributed by atoms with Crippen molar-refractivity contribution in [1.82, 2.24) is 10.2 Å². The fourth-order valence-electron chi connectivity index (χ4n) is 2.50. The van der Waals surface area contributed by atoms with Crippen molar-refractivity contribution < 1.29 is 9.53 Å². The number of benzene rings is 1. The number of rotatable bonds is 3. The molecule has 1 heterocycles. The van der Waals surface area contributed by atoms with Gasteiger partial charge in [0.2, 0.25) is 0 Å². The summed E-state index contributed by atoms with van der Waals surface area (Å²) in [7, 11) is 0. The lowest BCUT2D eigenvalue weighted by atomic mass is 10.1. The predicted molar refractivity (Wildman–Crippen MR) is 91.8 cm³/mol. The molecule has 122 valence electrons. The topological polar surface area (TPSA) is 41.6 Å². The highest BCUT2D eigenvalue weighted by Gasteiger charge is 2.27. The number of amides is 1. The van der Waals surface area contributed by atoms with E-state index in [9.17, 15) is 4.79 Å². The normalized spacial score (nSPS) is 19.1. The summed E-state index contributed by atoms with van der Waals surface area (Å²) in [6.45, 7) is 8.02. The second-order valence-corrected chi connectivity index (χ2v) is 7.69. The van der Waals surface area contributed by atoms with Crippen molar-refractivity contribution in [3.05, 3.63) is 34.3 Å². The maximum Gasteiger partial charge on any atom is 0.410 e. The molecule has 0 aromatic heterocycles. The number of carbonyl (C=O) groups is 1. The molecule has 2 rings (SSSR count). The lowest BCUT2D eigenvalue weighted by molar-refractivity contribution is 0.0187. The third-order valence-electron chi connectivity index (χ3n) is 3.58. The second-order valence-electron chi connectivity index (χ2n) is 6.77. The smallest absolute Gasteiger partial charge is 0.410 e. The van der Waals surface area contributed by atoms with Crippen LogP contribution in [0.2, 0.25) is 0 Å². The van der Waals surface area contributed by atoms with E-state index in [1.54, 1.807) is 0 Å². The number of halogens is 1. The van der Waals surface area contributed by atoms with Crippen molar-refractivity contribution in [1.29, 1.82) is 0 Å². The Kier molecular flexibility index (Phi) is 5.87. The van der Waals surface area contributed by atoms with E-state index in [0.717, 1.165) is 30.4 Å². The van der Waals surface area contributed by atoms with Gasteiger partial charge in [-0.15, -0.1) is 0 Å². The molecular formula is C17H25BrN2O2. The number of hydrogen-bond acceptors (Lipinski definition) is 3. The predicted octanol–water partition coefficient (Wildman–Crippen LogP) is 3.94. The Balaban J connectivity index is 1.82. The van der Waals surface area contributed by atoms with Gasteiger partial charge < -0.3 is 15.0 Å². The maximum atomic E-state index is 12.1. The van der Waals surface area contributed by atoms with Gasteiger partial charge in [0, 0.05) is 30.1 Å². The molecule has 1 atom stereocenters. The molecule has 0 saturated carbocycles. The van der Waals surface area contributed by atoms with Gasteiger partial charge in [-0.2, -0.15) is 0 Å². The molecule has 1 fully saturated rings. The van der Waals surface area contributed by atoms with E-state index in [-0.39, 0.29) is 6.09 Å². The average Bonchev–Trinajstić information content (AvgIpc) is 2.45. The zero-order valence-corrected chi connectivity index (χ0v) is 15.1. The molecule has 0 spiro atoms. The van der Waals surface area contributed by atoms with Crippen LogP contribution in [0.15, 0.2) is 28.7 Å². The van der Waals surface area contributed by atoms with Crippen LogP contribution in [0.4, 0.5) is 4.79 Å². The van der Waals surface area contributed by atoms with Gasteiger partial charge in [0.25, 0.3) is 0 Å². The minimum atomic E-state index is -0.436. The van der Waals surface area contributed by atoms with E-state index in [4.69, 9.17) is 4.74 Å². The van der Waals surface area contributed by atoms with Gasteiger partial charge in [-0.05, 0) is 51.3 Å². The van der Waals surface area contributed by atoms with E-state index in [2.05, 4.69) is 33.4 Å². The minimum absolute atomic E-state index is 0.206. The van der Waals surface area contributed by atoms with E-state index < -0.39 is 5.60 Å². The third-order valence-corrected chi connectivity index (χ3v) is 4.11. The van der Waals surface area contributed by atoms with Gasteiger partial charge in [-0.25, -0.2) is 4.79 Å². The Morgan fingerprint density at radius 3 is 2.68 bits per heavy atom. The first-order chi connectivity index (χ1) is 10.3. The summed E-state index contributed by atoms with van der Waals surface area (Å²) >= 11 is 3.44. The highest BCUT2D eigenvalue weighted by molar-refractivity contribution is 9.10. The van der Waals surface area contributed by atoms with Crippen molar-refractivity contribution in [3.8, 4) is 0 Å². The summed E-state index contributed by atoms with van der Waals surface area (Å²) in [6, 6.07) is 8.62. The van der Waals surface area contributed by atoms with E-state index >= 15 is 0 Å². The molecule has 0 unspecified atom stereocenters. The second kappa shape index (κ2) is 7.47. The number of ether oxygens (including phenoxy) is 1. The van der Waals surface area contributed by atoms with Crippen molar-refractivity contribution in [3.63, 3.8) is 0 Å². The van der Waals surface area contributed by atoms with Crippen LogP contribution in [-0.2, 0) is 11.3 Å². The minimum Gasteiger partial charge on any atom is -0.444 e. The quantitative estimate of drug-likeness (QED) is 0.878. The zero-order chi connectivity index (χ0) is 16.2. The van der Waals surface area contributed by atoms with Crippen LogP contribution >= 0.6 is 15.9 Å². The van der Waals surface area contributed by atoms with Crippen LogP contribution in [0.25, 0.3) is 0 Å². The standard InChI is InChI=1S/C17H25BrN2O2/c1-17(2,3)22-16(21)20-10-4-5-15(12-20)19-11-13-6-8-14(18)9-7-13/h6-9,15,19H,4-5,10-12H2,1-3H3/t15-/m1/s1. The molecular weight excluding hydrogens is 344 g/mol. The van der Waals surface area contributed by atoms with Crippen LogP contribution < -0.4 is 5.32 Å². The highest BCUT2D eigenvalue weighted by Crippen LogP contribution is 2.16. The lowest BCUT2D eigenvalue weighted by Gasteiger charge is -2.34. The Hall–Kier alpha value is -1.07. The molecule has 0 radical (unpaired) electrons. The summed E-state index contributed by atoms with van der Waals surface area (Å²) in [4.78, 5) is 14.0. The van der Waals surface area contributed by atoms with Crippen molar-refractivity contribution >= 4 is 22.0 Å². The van der Waals surface area contributed by atoms with Crippen molar-refractivity contribution in [2.75, 3.05) is 13.1 Å². The molecule has 0 bridgehead atoms. The number of likely N-dealkylation sites (tertiary alicyclic amines) is 1. The molecule has 0 aliphatic carbocycles. The summed E-state index contributed by atoms with van der Waals surface area (Å²) < 4.78 is 6.54. The van der Waals surface area contributed by atoms with Gasteiger partial charge in [-0.3, -0.25) is 0 Å². The average molecular weight is 369 g/mol. The van der Waals surface area contributed by atoms with Gasteiger partial charge in [-0.1, -0.05) is 28.1 Å². The molecule has 1 aliphatic heterocycles. The molecule has 5 heteroatoms. The number of nitrogens with one attached hydrogen (secondary N) is 1. The molecule has 4 nitrogen and oxygen atoms in total.